The number of cyclic esters (lactones) is 2. The Labute approximate surface area is 148 Å². The molecule has 0 spiro atoms. The fourth-order valence-electron chi connectivity index (χ4n) is 2.28. The van der Waals surface area contributed by atoms with Gasteiger partial charge in [-0.05, 0) is 12.1 Å². The highest BCUT2D eigenvalue weighted by atomic mass is 16.7. The molecule has 0 saturated carbocycles. The van der Waals surface area contributed by atoms with Crippen LogP contribution in [0.15, 0.2) is 18.2 Å². The summed E-state index contributed by atoms with van der Waals surface area (Å²) >= 11 is 0. The Hall–Kier alpha value is -3.23. The molecular formula is C17H16O9. The van der Waals surface area contributed by atoms with Crippen molar-refractivity contribution in [3.05, 3.63) is 23.8 Å². The summed E-state index contributed by atoms with van der Waals surface area (Å²) in [6, 6.07) is 3.84. The van der Waals surface area contributed by atoms with E-state index in [1.165, 1.54) is 32.0 Å². The van der Waals surface area contributed by atoms with Crippen molar-refractivity contribution in [2.45, 2.75) is 33.5 Å². The number of ether oxygens (including phenoxy) is 4. The molecule has 1 aromatic rings. The van der Waals surface area contributed by atoms with Crippen molar-refractivity contribution in [3.8, 4) is 11.5 Å². The minimum Gasteiger partial charge on any atom is -0.423 e. The standard InChI is InChI=1S/C17H16O9/c1-8(18)23-11-7-5-6-10(14(11)24-9(2)19)13(20)12-15(21)25-17(3,4)26-16(12)22/h5-7,12H,1-4H3. The largest absolute Gasteiger partial charge is 0.423 e. The summed E-state index contributed by atoms with van der Waals surface area (Å²) in [4.78, 5) is 59.5. The van der Waals surface area contributed by atoms with Crippen LogP contribution < -0.4 is 9.47 Å². The fraction of sp³-hybridized carbons (Fsp3) is 0.353. The highest BCUT2D eigenvalue weighted by molar-refractivity contribution is 6.22. The number of benzene rings is 1. The van der Waals surface area contributed by atoms with Crippen molar-refractivity contribution >= 4 is 29.7 Å². The van der Waals surface area contributed by atoms with Crippen LogP contribution in [-0.4, -0.2) is 35.4 Å². The topological polar surface area (TPSA) is 122 Å². The third-order valence-corrected chi connectivity index (χ3v) is 3.17. The second-order valence-electron chi connectivity index (χ2n) is 5.86. The van der Waals surface area contributed by atoms with E-state index in [1.54, 1.807) is 0 Å². The molecule has 0 radical (unpaired) electrons. The van der Waals surface area contributed by atoms with Gasteiger partial charge in [0, 0.05) is 27.7 Å². The molecule has 2 rings (SSSR count). The van der Waals surface area contributed by atoms with Crippen LogP contribution in [-0.2, 0) is 28.7 Å². The van der Waals surface area contributed by atoms with Crippen LogP contribution in [0.2, 0.25) is 0 Å². The number of esters is 4. The van der Waals surface area contributed by atoms with Crippen LogP contribution >= 0.6 is 0 Å². The molecule has 1 aliphatic rings. The number of rotatable bonds is 4. The first-order chi connectivity index (χ1) is 12.0. The van der Waals surface area contributed by atoms with Crippen molar-refractivity contribution in [3.63, 3.8) is 0 Å². The minimum absolute atomic E-state index is 0.212. The summed E-state index contributed by atoms with van der Waals surface area (Å²) in [5, 5.41) is 0. The second-order valence-corrected chi connectivity index (χ2v) is 5.86. The fourth-order valence-corrected chi connectivity index (χ4v) is 2.28. The van der Waals surface area contributed by atoms with Gasteiger partial charge < -0.3 is 18.9 Å². The molecule has 0 N–H and O–H groups in total. The lowest BCUT2D eigenvalue weighted by Gasteiger charge is -2.32. The Balaban J connectivity index is 2.48. The van der Waals surface area contributed by atoms with E-state index in [0.29, 0.717) is 0 Å². The van der Waals surface area contributed by atoms with Gasteiger partial charge in [0.1, 0.15) is 0 Å². The monoisotopic (exact) mass is 364 g/mol. The average molecular weight is 364 g/mol. The number of ketones is 1. The van der Waals surface area contributed by atoms with E-state index < -0.39 is 41.4 Å². The second kappa shape index (κ2) is 6.95. The van der Waals surface area contributed by atoms with Gasteiger partial charge in [-0.3, -0.25) is 24.0 Å². The smallest absolute Gasteiger partial charge is 0.331 e. The van der Waals surface area contributed by atoms with Gasteiger partial charge in [-0.1, -0.05) is 6.07 Å². The van der Waals surface area contributed by atoms with E-state index in [9.17, 15) is 24.0 Å². The molecule has 26 heavy (non-hydrogen) atoms. The van der Waals surface area contributed by atoms with Crippen molar-refractivity contribution in [1.29, 1.82) is 0 Å². The predicted octanol–water partition coefficient (Wildman–Crippen LogP) is 1.17. The van der Waals surface area contributed by atoms with E-state index in [1.807, 2.05) is 0 Å². The van der Waals surface area contributed by atoms with Crippen molar-refractivity contribution in [2.75, 3.05) is 0 Å². The summed E-state index contributed by atoms with van der Waals surface area (Å²) in [6.45, 7) is 4.87. The molecule has 1 aromatic carbocycles. The Morgan fingerprint density at radius 1 is 0.962 bits per heavy atom. The summed E-state index contributed by atoms with van der Waals surface area (Å²) in [5.41, 5.74) is -0.308. The molecule has 0 unspecified atom stereocenters. The lowest BCUT2D eigenvalue weighted by atomic mass is 9.95. The molecule has 1 aliphatic heterocycles. The molecule has 0 aromatic heterocycles. The van der Waals surface area contributed by atoms with E-state index in [0.717, 1.165) is 13.8 Å². The summed E-state index contributed by atoms with van der Waals surface area (Å²) in [5.74, 6) is -8.70. The van der Waals surface area contributed by atoms with E-state index >= 15 is 0 Å². The molecule has 1 fully saturated rings. The van der Waals surface area contributed by atoms with E-state index in [2.05, 4.69) is 0 Å². The zero-order valence-electron chi connectivity index (χ0n) is 14.5. The van der Waals surface area contributed by atoms with E-state index in [-0.39, 0.29) is 17.1 Å². The average Bonchev–Trinajstić information content (AvgIpc) is 2.45. The van der Waals surface area contributed by atoms with Gasteiger partial charge in [-0.25, -0.2) is 0 Å². The quantitative estimate of drug-likeness (QED) is 0.335. The van der Waals surface area contributed by atoms with Gasteiger partial charge in [0.2, 0.25) is 5.92 Å². The third kappa shape index (κ3) is 4.05. The molecule has 0 atom stereocenters. The first-order valence-corrected chi connectivity index (χ1v) is 7.51. The zero-order valence-corrected chi connectivity index (χ0v) is 14.5. The van der Waals surface area contributed by atoms with Gasteiger partial charge in [-0.15, -0.1) is 0 Å². The van der Waals surface area contributed by atoms with Gasteiger partial charge in [0.05, 0.1) is 5.56 Å². The maximum atomic E-state index is 12.7. The Kier molecular flexibility index (Phi) is 5.10. The zero-order chi connectivity index (χ0) is 19.6. The molecule has 1 saturated heterocycles. The summed E-state index contributed by atoms with van der Waals surface area (Å²) in [6.07, 6.45) is 0. The number of hydrogen-bond acceptors (Lipinski definition) is 9. The molecular weight excluding hydrogens is 348 g/mol. The van der Waals surface area contributed by atoms with E-state index in [4.69, 9.17) is 18.9 Å². The molecule has 1 heterocycles. The molecule has 138 valence electrons. The van der Waals surface area contributed by atoms with Crippen LogP contribution in [0, 0.1) is 5.92 Å². The molecule has 9 nitrogen and oxygen atoms in total. The van der Waals surface area contributed by atoms with Crippen LogP contribution in [0.25, 0.3) is 0 Å². The Morgan fingerprint density at radius 2 is 1.50 bits per heavy atom. The number of hydrogen-bond donors (Lipinski definition) is 0. The minimum atomic E-state index is -1.88. The number of carbonyl (C=O) groups excluding carboxylic acids is 5. The number of para-hydroxylation sites is 1. The van der Waals surface area contributed by atoms with Crippen LogP contribution in [0.1, 0.15) is 38.1 Å². The molecule has 0 aliphatic carbocycles. The lowest BCUT2D eigenvalue weighted by Crippen LogP contribution is -2.49. The van der Waals surface area contributed by atoms with Gasteiger partial charge in [0.25, 0.3) is 5.79 Å². The Bertz CT molecular complexity index is 786. The SMILES string of the molecule is CC(=O)Oc1cccc(C(=O)C2C(=O)OC(C)(C)OC2=O)c1OC(C)=O. The summed E-state index contributed by atoms with van der Waals surface area (Å²) < 4.78 is 19.7. The van der Waals surface area contributed by atoms with Crippen molar-refractivity contribution < 1.29 is 42.9 Å². The number of carbonyl (C=O) groups is 5. The van der Waals surface area contributed by atoms with Gasteiger partial charge >= 0.3 is 23.9 Å². The van der Waals surface area contributed by atoms with Crippen LogP contribution in [0.4, 0.5) is 0 Å². The highest BCUT2D eigenvalue weighted by Gasteiger charge is 2.48. The van der Waals surface area contributed by atoms with Gasteiger partial charge in [0.15, 0.2) is 17.3 Å². The normalized spacial score (nSPS) is 16.3. The maximum absolute atomic E-state index is 12.7. The van der Waals surface area contributed by atoms with Crippen LogP contribution in [0.3, 0.4) is 0 Å². The molecule has 0 amide bonds. The maximum Gasteiger partial charge on any atom is 0.331 e. The van der Waals surface area contributed by atoms with Crippen molar-refractivity contribution in [2.24, 2.45) is 5.92 Å². The van der Waals surface area contributed by atoms with Gasteiger partial charge in [-0.2, -0.15) is 0 Å². The highest BCUT2D eigenvalue weighted by Crippen LogP contribution is 2.35. The molecule has 9 heteroatoms. The first kappa shape index (κ1) is 19.1. The summed E-state index contributed by atoms with van der Waals surface area (Å²) in [7, 11) is 0. The van der Waals surface area contributed by atoms with Crippen LogP contribution in [0.5, 0.6) is 11.5 Å². The Morgan fingerprint density at radius 3 is 2.00 bits per heavy atom. The third-order valence-electron chi connectivity index (χ3n) is 3.17. The number of Topliss-reactive ketones (excluding diaryl/α,β-unsaturated/α-hetero) is 1. The molecule has 0 bridgehead atoms. The van der Waals surface area contributed by atoms with Crippen molar-refractivity contribution in [1.82, 2.24) is 0 Å². The predicted molar refractivity (Wildman–Crippen MR) is 83.1 cm³/mol. The lowest BCUT2D eigenvalue weighted by molar-refractivity contribution is -0.236. The first-order valence-electron chi connectivity index (χ1n) is 7.51.